The summed E-state index contributed by atoms with van der Waals surface area (Å²) < 4.78 is 13.6. The van der Waals surface area contributed by atoms with Crippen LogP contribution in [0.25, 0.3) is 11.3 Å². The van der Waals surface area contributed by atoms with Crippen molar-refractivity contribution in [3.8, 4) is 11.3 Å². The standard InChI is InChI=1S/C16H20FN3/c1-11-6-7-12(9-13(11)17)15-10-19-16(20-15)14-5-3-2-4-8-18-14/h6-7,9-10,14,18H,2-5,8H2,1H3,(H,19,20). The highest BCUT2D eigenvalue weighted by Crippen LogP contribution is 2.24. The molecule has 0 amide bonds. The number of nitrogens with one attached hydrogen (secondary N) is 2. The van der Waals surface area contributed by atoms with Crippen LogP contribution in [-0.2, 0) is 0 Å². The second-order valence-electron chi connectivity index (χ2n) is 5.50. The molecule has 1 saturated heterocycles. The van der Waals surface area contributed by atoms with E-state index in [9.17, 15) is 4.39 Å². The van der Waals surface area contributed by atoms with E-state index in [0.29, 0.717) is 11.6 Å². The number of halogens is 1. The summed E-state index contributed by atoms with van der Waals surface area (Å²) in [5, 5.41) is 3.52. The van der Waals surface area contributed by atoms with E-state index in [1.807, 2.05) is 6.07 Å². The molecule has 1 fully saturated rings. The van der Waals surface area contributed by atoms with E-state index in [2.05, 4.69) is 15.3 Å². The lowest BCUT2D eigenvalue weighted by atomic mass is 10.1. The summed E-state index contributed by atoms with van der Waals surface area (Å²) in [5.41, 5.74) is 2.39. The largest absolute Gasteiger partial charge is 0.341 e. The number of H-pyrrole nitrogens is 1. The quantitative estimate of drug-likeness (QED) is 0.875. The Kier molecular flexibility index (Phi) is 3.83. The highest BCUT2D eigenvalue weighted by Gasteiger charge is 2.17. The monoisotopic (exact) mass is 273 g/mol. The number of hydrogen-bond donors (Lipinski definition) is 2. The maximum absolute atomic E-state index is 13.6. The first-order chi connectivity index (χ1) is 9.74. The van der Waals surface area contributed by atoms with Crippen molar-refractivity contribution >= 4 is 0 Å². The SMILES string of the molecule is Cc1ccc(-c2cnc(C3CCCCCN3)[nH]2)cc1F. The first kappa shape index (κ1) is 13.3. The molecule has 20 heavy (non-hydrogen) atoms. The zero-order valence-electron chi connectivity index (χ0n) is 11.7. The molecule has 0 aliphatic carbocycles. The average Bonchev–Trinajstić information content (AvgIpc) is 2.78. The van der Waals surface area contributed by atoms with Crippen molar-refractivity contribution in [3.05, 3.63) is 41.6 Å². The van der Waals surface area contributed by atoms with Crippen LogP contribution < -0.4 is 5.32 Å². The van der Waals surface area contributed by atoms with Gasteiger partial charge >= 0.3 is 0 Å². The van der Waals surface area contributed by atoms with Gasteiger partial charge < -0.3 is 10.3 Å². The minimum atomic E-state index is -0.175. The van der Waals surface area contributed by atoms with Gasteiger partial charge in [0, 0.05) is 5.56 Å². The van der Waals surface area contributed by atoms with E-state index in [1.54, 1.807) is 25.3 Å². The Morgan fingerprint density at radius 2 is 2.15 bits per heavy atom. The molecule has 2 heterocycles. The molecular weight excluding hydrogens is 253 g/mol. The highest BCUT2D eigenvalue weighted by molar-refractivity contribution is 5.59. The number of aryl methyl sites for hydroxylation is 1. The van der Waals surface area contributed by atoms with Crippen LogP contribution in [-0.4, -0.2) is 16.5 Å². The van der Waals surface area contributed by atoms with Crippen molar-refractivity contribution in [1.82, 2.24) is 15.3 Å². The fourth-order valence-electron chi connectivity index (χ4n) is 2.68. The molecule has 3 nitrogen and oxygen atoms in total. The second-order valence-corrected chi connectivity index (χ2v) is 5.50. The summed E-state index contributed by atoms with van der Waals surface area (Å²) in [6.07, 6.45) is 6.64. The van der Waals surface area contributed by atoms with Crippen LogP contribution in [0.3, 0.4) is 0 Å². The van der Waals surface area contributed by atoms with Crippen molar-refractivity contribution in [1.29, 1.82) is 0 Å². The normalized spacial score (nSPS) is 19.8. The third-order valence-corrected chi connectivity index (χ3v) is 3.97. The Balaban J connectivity index is 1.83. The maximum atomic E-state index is 13.6. The third-order valence-electron chi connectivity index (χ3n) is 3.97. The van der Waals surface area contributed by atoms with E-state index in [0.717, 1.165) is 30.0 Å². The van der Waals surface area contributed by atoms with Crippen LogP contribution in [0.1, 0.15) is 43.1 Å². The van der Waals surface area contributed by atoms with E-state index < -0.39 is 0 Å². The summed E-state index contributed by atoms with van der Waals surface area (Å²) in [5.74, 6) is 0.786. The summed E-state index contributed by atoms with van der Waals surface area (Å²) in [4.78, 5) is 7.80. The molecule has 1 aliphatic heterocycles. The molecule has 2 aromatic rings. The van der Waals surface area contributed by atoms with Crippen LogP contribution in [0, 0.1) is 12.7 Å². The molecule has 106 valence electrons. The Labute approximate surface area is 118 Å². The fraction of sp³-hybridized carbons (Fsp3) is 0.438. The first-order valence-corrected chi connectivity index (χ1v) is 7.29. The fourth-order valence-corrected chi connectivity index (χ4v) is 2.68. The van der Waals surface area contributed by atoms with E-state index >= 15 is 0 Å². The molecule has 1 aliphatic rings. The third kappa shape index (κ3) is 2.75. The minimum Gasteiger partial charge on any atom is -0.341 e. The Hall–Kier alpha value is -1.68. The molecular formula is C16H20FN3. The van der Waals surface area contributed by atoms with Gasteiger partial charge in [-0.05, 0) is 37.9 Å². The van der Waals surface area contributed by atoms with Crippen molar-refractivity contribution in [2.75, 3.05) is 6.54 Å². The Morgan fingerprint density at radius 3 is 3.00 bits per heavy atom. The van der Waals surface area contributed by atoms with Gasteiger partial charge in [-0.1, -0.05) is 25.0 Å². The minimum absolute atomic E-state index is 0.175. The van der Waals surface area contributed by atoms with Crippen LogP contribution in [0.2, 0.25) is 0 Å². The lowest BCUT2D eigenvalue weighted by Gasteiger charge is -2.12. The summed E-state index contributed by atoms with van der Waals surface area (Å²) in [6.45, 7) is 2.81. The average molecular weight is 273 g/mol. The summed E-state index contributed by atoms with van der Waals surface area (Å²) in [6, 6.07) is 5.58. The van der Waals surface area contributed by atoms with Gasteiger partial charge in [0.05, 0.1) is 17.9 Å². The van der Waals surface area contributed by atoms with Gasteiger partial charge in [-0.15, -0.1) is 0 Å². The zero-order valence-corrected chi connectivity index (χ0v) is 11.7. The molecule has 0 bridgehead atoms. The molecule has 0 spiro atoms. The number of imidazole rings is 1. The highest BCUT2D eigenvalue weighted by atomic mass is 19.1. The van der Waals surface area contributed by atoms with E-state index in [1.165, 1.54) is 19.3 Å². The van der Waals surface area contributed by atoms with Gasteiger partial charge in [-0.3, -0.25) is 0 Å². The van der Waals surface area contributed by atoms with Gasteiger partial charge in [-0.25, -0.2) is 9.37 Å². The maximum Gasteiger partial charge on any atom is 0.126 e. The molecule has 0 radical (unpaired) electrons. The Bertz CT molecular complexity index is 583. The molecule has 4 heteroatoms. The lowest BCUT2D eigenvalue weighted by molar-refractivity contribution is 0.512. The zero-order chi connectivity index (χ0) is 13.9. The van der Waals surface area contributed by atoms with Crippen molar-refractivity contribution in [2.45, 2.75) is 38.6 Å². The predicted molar refractivity (Wildman–Crippen MR) is 77.9 cm³/mol. The van der Waals surface area contributed by atoms with Gasteiger partial charge in [0.25, 0.3) is 0 Å². The van der Waals surface area contributed by atoms with Crippen molar-refractivity contribution < 1.29 is 4.39 Å². The first-order valence-electron chi connectivity index (χ1n) is 7.29. The number of aromatic amines is 1. The molecule has 1 unspecified atom stereocenters. The van der Waals surface area contributed by atoms with E-state index in [4.69, 9.17) is 0 Å². The van der Waals surface area contributed by atoms with Crippen LogP contribution in [0.4, 0.5) is 4.39 Å². The molecule has 1 atom stereocenters. The molecule has 1 aromatic carbocycles. The van der Waals surface area contributed by atoms with Gasteiger partial charge in [-0.2, -0.15) is 0 Å². The predicted octanol–water partition coefficient (Wildman–Crippen LogP) is 3.73. The van der Waals surface area contributed by atoms with Crippen molar-refractivity contribution in [2.24, 2.45) is 0 Å². The number of nitrogens with zero attached hydrogens (tertiary/aromatic N) is 1. The summed E-state index contributed by atoms with van der Waals surface area (Å²) in [7, 11) is 0. The van der Waals surface area contributed by atoms with E-state index in [-0.39, 0.29) is 5.82 Å². The number of hydrogen-bond acceptors (Lipinski definition) is 2. The van der Waals surface area contributed by atoms with Gasteiger partial charge in [0.2, 0.25) is 0 Å². The molecule has 2 N–H and O–H groups in total. The topological polar surface area (TPSA) is 40.7 Å². The van der Waals surface area contributed by atoms with Crippen LogP contribution in [0.5, 0.6) is 0 Å². The Morgan fingerprint density at radius 1 is 1.25 bits per heavy atom. The van der Waals surface area contributed by atoms with Gasteiger partial charge in [0.1, 0.15) is 11.6 Å². The second kappa shape index (κ2) is 5.75. The van der Waals surface area contributed by atoms with Crippen LogP contribution >= 0.6 is 0 Å². The molecule has 0 saturated carbocycles. The molecule has 1 aromatic heterocycles. The molecule has 3 rings (SSSR count). The number of benzene rings is 1. The van der Waals surface area contributed by atoms with Crippen LogP contribution in [0.15, 0.2) is 24.4 Å². The van der Waals surface area contributed by atoms with Crippen molar-refractivity contribution in [3.63, 3.8) is 0 Å². The number of aromatic nitrogens is 2. The summed E-state index contributed by atoms with van der Waals surface area (Å²) >= 11 is 0. The smallest absolute Gasteiger partial charge is 0.126 e. The van der Waals surface area contributed by atoms with Gasteiger partial charge in [0.15, 0.2) is 0 Å². The lowest BCUT2D eigenvalue weighted by Crippen LogP contribution is -2.21. The number of rotatable bonds is 2.